The monoisotopic (exact) mass is 456 g/mol. The molecule has 2 aromatic heterocycles. The van der Waals surface area contributed by atoms with Crippen LogP contribution in [0.2, 0.25) is 0 Å². The fraction of sp³-hybridized carbons (Fsp3) is 0.154. The van der Waals surface area contributed by atoms with Crippen molar-refractivity contribution in [1.82, 2.24) is 14.9 Å². The van der Waals surface area contributed by atoms with Crippen molar-refractivity contribution in [1.29, 1.82) is 0 Å². The summed E-state index contributed by atoms with van der Waals surface area (Å²) in [5.41, 5.74) is 4.06. The predicted molar refractivity (Wildman–Crippen MR) is 133 cm³/mol. The number of benzene rings is 2. The van der Waals surface area contributed by atoms with Crippen molar-refractivity contribution < 1.29 is 9.47 Å². The van der Waals surface area contributed by atoms with Crippen LogP contribution in [0, 0.1) is 0 Å². The third-order valence-electron chi connectivity index (χ3n) is 5.88. The lowest BCUT2D eigenvalue weighted by Gasteiger charge is -2.29. The molecule has 7 heteroatoms. The first kappa shape index (κ1) is 21.0. The highest BCUT2D eigenvalue weighted by Crippen LogP contribution is 2.42. The van der Waals surface area contributed by atoms with Crippen LogP contribution in [0.5, 0.6) is 11.5 Å². The van der Waals surface area contributed by atoms with Crippen LogP contribution in [0.4, 0.5) is 5.69 Å². The van der Waals surface area contributed by atoms with Gasteiger partial charge in [-0.25, -0.2) is 0 Å². The molecule has 0 unspecified atom stereocenters. The number of rotatable bonds is 6. The van der Waals surface area contributed by atoms with Crippen molar-refractivity contribution in [2.45, 2.75) is 12.1 Å². The van der Waals surface area contributed by atoms with Crippen molar-refractivity contribution >= 4 is 23.0 Å². The van der Waals surface area contributed by atoms with Gasteiger partial charge in [0, 0.05) is 29.5 Å². The summed E-state index contributed by atoms with van der Waals surface area (Å²) in [5.74, 6) is 1.62. The van der Waals surface area contributed by atoms with E-state index in [9.17, 15) is 0 Å². The smallest absolute Gasteiger partial charge is 0.174 e. The molecular weight excluding hydrogens is 432 g/mol. The fourth-order valence-corrected chi connectivity index (χ4v) is 4.64. The molecule has 1 aliphatic heterocycles. The Bertz CT molecular complexity index is 1240. The standard InChI is InChI=1S/C26H24N4O2S/c1-31-20-12-8-18(9-13-20)29-17-5-7-23(29)25-24(22-6-3-4-16-27-22)28-26(33)30(25)19-10-14-21(32-2)15-11-19/h3-17,24-25H,1-2H3,(H,28,33)/t24-,25+/m0/s1. The number of hydrogen-bond acceptors (Lipinski definition) is 4. The first-order chi connectivity index (χ1) is 16.2. The minimum absolute atomic E-state index is 0.113. The zero-order valence-corrected chi connectivity index (χ0v) is 19.2. The molecule has 0 amide bonds. The van der Waals surface area contributed by atoms with Gasteiger partial charge in [0.05, 0.1) is 26.0 Å². The molecule has 1 fully saturated rings. The highest BCUT2D eigenvalue weighted by atomic mass is 32.1. The van der Waals surface area contributed by atoms with Crippen LogP contribution in [0.25, 0.3) is 5.69 Å². The molecule has 1 aliphatic rings. The number of hydrogen-bond donors (Lipinski definition) is 1. The molecule has 0 aliphatic carbocycles. The molecule has 33 heavy (non-hydrogen) atoms. The highest BCUT2D eigenvalue weighted by molar-refractivity contribution is 7.80. The Labute approximate surface area is 198 Å². The molecule has 1 N–H and O–H groups in total. The third-order valence-corrected chi connectivity index (χ3v) is 6.20. The zero-order valence-electron chi connectivity index (χ0n) is 18.4. The average Bonchev–Trinajstić information content (AvgIpc) is 3.49. The van der Waals surface area contributed by atoms with Crippen LogP contribution < -0.4 is 19.7 Å². The van der Waals surface area contributed by atoms with E-state index in [1.807, 2.05) is 60.8 Å². The van der Waals surface area contributed by atoms with E-state index in [-0.39, 0.29) is 12.1 Å². The maximum Gasteiger partial charge on any atom is 0.174 e. The van der Waals surface area contributed by atoms with E-state index in [0.29, 0.717) is 5.11 Å². The number of methoxy groups -OCH3 is 2. The van der Waals surface area contributed by atoms with Crippen molar-refractivity contribution in [2.24, 2.45) is 0 Å². The van der Waals surface area contributed by atoms with Crippen LogP contribution in [0.1, 0.15) is 23.5 Å². The topological polar surface area (TPSA) is 51.5 Å². The van der Waals surface area contributed by atoms with E-state index in [1.54, 1.807) is 14.2 Å². The Morgan fingerprint density at radius 1 is 0.818 bits per heavy atom. The fourth-order valence-electron chi connectivity index (χ4n) is 4.29. The summed E-state index contributed by atoms with van der Waals surface area (Å²) in [4.78, 5) is 6.80. The third kappa shape index (κ3) is 3.91. The Kier molecular flexibility index (Phi) is 5.71. The number of thiocarbonyl (C=S) groups is 1. The van der Waals surface area contributed by atoms with Gasteiger partial charge in [-0.3, -0.25) is 4.98 Å². The van der Waals surface area contributed by atoms with Crippen LogP contribution in [0.15, 0.2) is 91.3 Å². The number of nitrogens with zero attached hydrogens (tertiary/aromatic N) is 3. The second-order valence-electron chi connectivity index (χ2n) is 7.70. The van der Waals surface area contributed by atoms with Gasteiger partial charge in [0.25, 0.3) is 0 Å². The Hall–Kier alpha value is -3.84. The summed E-state index contributed by atoms with van der Waals surface area (Å²) in [7, 11) is 3.34. The SMILES string of the molecule is COc1ccc(N2C(=S)N[C@@H](c3ccccn3)[C@H]2c2cccn2-c2ccc(OC)cc2)cc1. The van der Waals surface area contributed by atoms with Gasteiger partial charge in [-0.1, -0.05) is 6.07 Å². The first-order valence-corrected chi connectivity index (χ1v) is 11.1. The van der Waals surface area contributed by atoms with Gasteiger partial charge in [0.15, 0.2) is 5.11 Å². The molecule has 166 valence electrons. The molecule has 5 rings (SSSR count). The van der Waals surface area contributed by atoms with Gasteiger partial charge < -0.3 is 24.3 Å². The Morgan fingerprint density at radius 2 is 1.48 bits per heavy atom. The Balaban J connectivity index is 1.62. The van der Waals surface area contributed by atoms with Crippen LogP contribution in [0.3, 0.4) is 0 Å². The number of anilines is 1. The van der Waals surface area contributed by atoms with E-state index >= 15 is 0 Å². The summed E-state index contributed by atoms with van der Waals surface area (Å²) in [6.45, 7) is 0. The summed E-state index contributed by atoms with van der Waals surface area (Å²) in [6, 6.07) is 25.9. The Morgan fingerprint density at radius 3 is 2.09 bits per heavy atom. The molecule has 1 saturated heterocycles. The number of ether oxygens (including phenoxy) is 2. The van der Waals surface area contributed by atoms with Crippen LogP contribution >= 0.6 is 12.2 Å². The molecule has 2 atom stereocenters. The molecule has 4 aromatic rings. The normalized spacial score (nSPS) is 17.6. The van der Waals surface area contributed by atoms with Gasteiger partial charge in [-0.15, -0.1) is 0 Å². The molecular formula is C26H24N4O2S. The maximum absolute atomic E-state index is 5.83. The number of pyridine rings is 1. The molecule has 6 nitrogen and oxygen atoms in total. The highest BCUT2D eigenvalue weighted by Gasteiger charge is 2.42. The molecule has 2 aromatic carbocycles. The van der Waals surface area contributed by atoms with Crippen LogP contribution in [-0.4, -0.2) is 28.9 Å². The first-order valence-electron chi connectivity index (χ1n) is 10.7. The second kappa shape index (κ2) is 8.96. The van der Waals surface area contributed by atoms with Gasteiger partial charge >= 0.3 is 0 Å². The quantitative estimate of drug-likeness (QED) is 0.409. The second-order valence-corrected chi connectivity index (χ2v) is 8.08. The molecule has 0 radical (unpaired) electrons. The summed E-state index contributed by atoms with van der Waals surface area (Å²) >= 11 is 5.83. The number of aromatic nitrogens is 2. The van der Waals surface area contributed by atoms with Crippen molar-refractivity contribution in [3.8, 4) is 17.2 Å². The van der Waals surface area contributed by atoms with E-state index in [2.05, 4.69) is 50.2 Å². The minimum atomic E-state index is -0.118. The lowest BCUT2D eigenvalue weighted by atomic mass is 10.0. The molecule has 3 heterocycles. The van der Waals surface area contributed by atoms with E-state index in [0.717, 1.165) is 34.3 Å². The summed E-state index contributed by atoms with van der Waals surface area (Å²) in [6.07, 6.45) is 3.88. The van der Waals surface area contributed by atoms with Gasteiger partial charge in [0.2, 0.25) is 0 Å². The molecule has 0 saturated carbocycles. The van der Waals surface area contributed by atoms with Crippen molar-refractivity contribution in [3.63, 3.8) is 0 Å². The number of nitrogens with one attached hydrogen (secondary N) is 1. The van der Waals surface area contributed by atoms with Crippen molar-refractivity contribution in [2.75, 3.05) is 19.1 Å². The van der Waals surface area contributed by atoms with E-state index in [1.165, 1.54) is 0 Å². The van der Waals surface area contributed by atoms with Crippen molar-refractivity contribution in [3.05, 3.63) is 103 Å². The van der Waals surface area contributed by atoms with Gasteiger partial charge in [-0.05, 0) is 85.0 Å². The minimum Gasteiger partial charge on any atom is -0.497 e. The maximum atomic E-state index is 5.83. The lowest BCUT2D eigenvalue weighted by Crippen LogP contribution is -2.30. The molecule has 0 bridgehead atoms. The largest absolute Gasteiger partial charge is 0.497 e. The van der Waals surface area contributed by atoms with Gasteiger partial charge in [-0.2, -0.15) is 0 Å². The average molecular weight is 457 g/mol. The van der Waals surface area contributed by atoms with Crippen LogP contribution in [-0.2, 0) is 0 Å². The van der Waals surface area contributed by atoms with Gasteiger partial charge in [0.1, 0.15) is 17.5 Å². The van der Waals surface area contributed by atoms with E-state index in [4.69, 9.17) is 21.7 Å². The summed E-state index contributed by atoms with van der Waals surface area (Å²) in [5, 5.41) is 4.17. The molecule has 0 spiro atoms. The predicted octanol–water partition coefficient (Wildman–Crippen LogP) is 5.07. The van der Waals surface area contributed by atoms with E-state index < -0.39 is 0 Å². The summed E-state index contributed by atoms with van der Waals surface area (Å²) < 4.78 is 12.9. The zero-order chi connectivity index (χ0) is 22.8. The lowest BCUT2D eigenvalue weighted by molar-refractivity contribution is 0.414.